The van der Waals surface area contributed by atoms with Crippen LogP contribution in [0.5, 0.6) is 0 Å². The fourth-order valence-corrected chi connectivity index (χ4v) is 3.76. The molecule has 0 atom stereocenters. The molecule has 1 aliphatic rings. The van der Waals surface area contributed by atoms with Crippen molar-refractivity contribution in [3.05, 3.63) is 71.6 Å². The van der Waals surface area contributed by atoms with E-state index in [4.69, 9.17) is 0 Å². The smallest absolute Gasteiger partial charge is 0.254 e. The minimum atomic E-state index is -1.03. The SMILES string of the molecule is Cc1ccc(-n2nnc3c(N4CCN(C(=O)c5ccc(F)c(F)c5)CC4)ncnc32)cc1. The summed E-state index contributed by atoms with van der Waals surface area (Å²) in [6.07, 6.45) is 1.48. The second-order valence-electron chi connectivity index (χ2n) is 7.61. The van der Waals surface area contributed by atoms with Crippen LogP contribution >= 0.6 is 0 Å². The van der Waals surface area contributed by atoms with Gasteiger partial charge in [0.25, 0.3) is 5.91 Å². The highest BCUT2D eigenvalue weighted by Crippen LogP contribution is 2.24. The summed E-state index contributed by atoms with van der Waals surface area (Å²) in [6.45, 7) is 3.86. The van der Waals surface area contributed by atoms with Crippen molar-refractivity contribution in [2.45, 2.75) is 6.92 Å². The van der Waals surface area contributed by atoms with Gasteiger partial charge in [-0.05, 0) is 37.3 Å². The van der Waals surface area contributed by atoms with E-state index in [-0.39, 0.29) is 11.5 Å². The number of carbonyl (C=O) groups excluding carboxylic acids is 1. The van der Waals surface area contributed by atoms with Gasteiger partial charge in [-0.1, -0.05) is 22.9 Å². The monoisotopic (exact) mass is 435 g/mol. The van der Waals surface area contributed by atoms with Crippen LogP contribution in [0.3, 0.4) is 0 Å². The van der Waals surface area contributed by atoms with E-state index in [0.29, 0.717) is 43.2 Å². The van der Waals surface area contributed by atoms with Crippen molar-refractivity contribution in [1.29, 1.82) is 0 Å². The predicted molar refractivity (Wildman–Crippen MR) is 114 cm³/mol. The number of aryl methyl sites for hydroxylation is 1. The lowest BCUT2D eigenvalue weighted by atomic mass is 10.1. The molecule has 0 N–H and O–H groups in total. The standard InChI is InChI=1S/C22H19F2N7O/c1-14-2-5-16(6-3-14)31-21-19(27-28-31)20(25-13-26-21)29-8-10-30(11-9-29)22(32)15-4-7-17(23)18(24)12-15/h2-7,12-13H,8-11H2,1H3. The zero-order valence-electron chi connectivity index (χ0n) is 17.2. The largest absolute Gasteiger partial charge is 0.351 e. The number of fused-ring (bicyclic) bond motifs is 1. The number of hydrogen-bond donors (Lipinski definition) is 0. The number of benzene rings is 2. The van der Waals surface area contributed by atoms with E-state index >= 15 is 0 Å². The van der Waals surface area contributed by atoms with Crippen LogP contribution in [0, 0.1) is 18.6 Å². The third-order valence-electron chi connectivity index (χ3n) is 5.53. The molecule has 1 saturated heterocycles. The van der Waals surface area contributed by atoms with Gasteiger partial charge in [-0.25, -0.2) is 18.7 Å². The Morgan fingerprint density at radius 1 is 0.938 bits per heavy atom. The Morgan fingerprint density at radius 3 is 2.41 bits per heavy atom. The summed E-state index contributed by atoms with van der Waals surface area (Å²) >= 11 is 0. The Hall–Kier alpha value is -3.95. The maximum absolute atomic E-state index is 13.5. The normalized spacial score (nSPS) is 14.2. The highest BCUT2D eigenvalue weighted by Gasteiger charge is 2.26. The molecule has 1 amide bonds. The van der Waals surface area contributed by atoms with E-state index in [1.54, 1.807) is 9.58 Å². The van der Waals surface area contributed by atoms with Gasteiger partial charge in [-0.3, -0.25) is 4.79 Å². The molecule has 8 nitrogen and oxygen atoms in total. The van der Waals surface area contributed by atoms with Crippen molar-refractivity contribution in [3.63, 3.8) is 0 Å². The number of nitrogens with zero attached hydrogens (tertiary/aromatic N) is 7. The molecule has 32 heavy (non-hydrogen) atoms. The molecular formula is C22H19F2N7O. The number of aromatic nitrogens is 5. The first-order valence-electron chi connectivity index (χ1n) is 10.1. The quantitative estimate of drug-likeness (QED) is 0.492. The topological polar surface area (TPSA) is 80.0 Å². The van der Waals surface area contributed by atoms with Gasteiger partial charge in [0.1, 0.15) is 6.33 Å². The van der Waals surface area contributed by atoms with Gasteiger partial charge in [0.05, 0.1) is 5.69 Å². The molecule has 2 aromatic heterocycles. The third-order valence-corrected chi connectivity index (χ3v) is 5.53. The summed E-state index contributed by atoms with van der Waals surface area (Å²) in [5, 5.41) is 8.56. The molecule has 1 aliphatic heterocycles. The number of carbonyl (C=O) groups is 1. The second-order valence-corrected chi connectivity index (χ2v) is 7.61. The van der Waals surface area contributed by atoms with Crippen LogP contribution < -0.4 is 4.90 Å². The minimum Gasteiger partial charge on any atom is -0.351 e. The molecule has 0 bridgehead atoms. The van der Waals surface area contributed by atoms with E-state index < -0.39 is 11.6 Å². The lowest BCUT2D eigenvalue weighted by Crippen LogP contribution is -2.49. The Kier molecular flexibility index (Phi) is 4.96. The van der Waals surface area contributed by atoms with Gasteiger partial charge in [-0.2, -0.15) is 4.68 Å². The zero-order valence-corrected chi connectivity index (χ0v) is 17.2. The Balaban J connectivity index is 1.35. The molecule has 5 rings (SSSR count). The van der Waals surface area contributed by atoms with Gasteiger partial charge >= 0.3 is 0 Å². The van der Waals surface area contributed by atoms with E-state index in [2.05, 4.69) is 20.3 Å². The van der Waals surface area contributed by atoms with Crippen molar-refractivity contribution in [1.82, 2.24) is 29.9 Å². The van der Waals surface area contributed by atoms with Crippen molar-refractivity contribution >= 4 is 22.9 Å². The highest BCUT2D eigenvalue weighted by atomic mass is 19.2. The van der Waals surface area contributed by atoms with Crippen LogP contribution in [0.4, 0.5) is 14.6 Å². The summed E-state index contributed by atoms with van der Waals surface area (Å²) in [5.41, 5.74) is 3.30. The average molecular weight is 435 g/mol. The van der Waals surface area contributed by atoms with Gasteiger partial charge in [0, 0.05) is 31.7 Å². The van der Waals surface area contributed by atoms with Gasteiger partial charge < -0.3 is 9.80 Å². The summed E-state index contributed by atoms with van der Waals surface area (Å²) < 4.78 is 28.3. The van der Waals surface area contributed by atoms with Crippen LogP contribution in [0.25, 0.3) is 16.9 Å². The molecule has 10 heteroatoms. The van der Waals surface area contributed by atoms with E-state index in [9.17, 15) is 13.6 Å². The van der Waals surface area contributed by atoms with Gasteiger partial charge in [-0.15, -0.1) is 5.10 Å². The molecule has 0 unspecified atom stereocenters. The maximum atomic E-state index is 13.5. The molecular weight excluding hydrogens is 416 g/mol. The van der Waals surface area contributed by atoms with E-state index in [1.165, 1.54) is 12.4 Å². The number of amides is 1. The van der Waals surface area contributed by atoms with Crippen molar-refractivity contribution in [2.24, 2.45) is 0 Å². The third kappa shape index (κ3) is 3.53. The summed E-state index contributed by atoms with van der Waals surface area (Å²) in [4.78, 5) is 25.1. The van der Waals surface area contributed by atoms with E-state index in [0.717, 1.165) is 23.4 Å². The molecule has 0 radical (unpaired) electrons. The summed E-state index contributed by atoms with van der Waals surface area (Å²) in [6, 6.07) is 11.1. The number of rotatable bonds is 3. The maximum Gasteiger partial charge on any atom is 0.254 e. The van der Waals surface area contributed by atoms with Crippen LogP contribution in [0.15, 0.2) is 48.8 Å². The van der Waals surface area contributed by atoms with Crippen LogP contribution in [0.1, 0.15) is 15.9 Å². The van der Waals surface area contributed by atoms with Crippen LogP contribution in [-0.2, 0) is 0 Å². The Morgan fingerprint density at radius 2 is 1.69 bits per heavy atom. The molecule has 1 fully saturated rings. The average Bonchev–Trinajstić information content (AvgIpc) is 3.25. The first kappa shape index (κ1) is 20.0. The number of hydrogen-bond acceptors (Lipinski definition) is 6. The highest BCUT2D eigenvalue weighted by molar-refractivity contribution is 5.94. The minimum absolute atomic E-state index is 0.128. The first-order chi connectivity index (χ1) is 15.5. The fourth-order valence-electron chi connectivity index (χ4n) is 3.76. The van der Waals surface area contributed by atoms with Crippen molar-refractivity contribution in [2.75, 3.05) is 31.1 Å². The lowest BCUT2D eigenvalue weighted by Gasteiger charge is -2.35. The molecule has 0 aliphatic carbocycles. The van der Waals surface area contributed by atoms with Gasteiger partial charge in [0.2, 0.25) is 0 Å². The zero-order chi connectivity index (χ0) is 22.2. The van der Waals surface area contributed by atoms with Crippen LogP contribution in [-0.4, -0.2) is 61.9 Å². The molecule has 0 saturated carbocycles. The Bertz CT molecular complexity index is 1300. The molecule has 3 heterocycles. The first-order valence-corrected chi connectivity index (χ1v) is 10.1. The Labute approximate surface area is 182 Å². The number of halogens is 2. The van der Waals surface area contributed by atoms with Crippen LogP contribution in [0.2, 0.25) is 0 Å². The van der Waals surface area contributed by atoms with Crippen molar-refractivity contribution in [3.8, 4) is 5.69 Å². The van der Waals surface area contributed by atoms with E-state index in [1.807, 2.05) is 36.1 Å². The summed E-state index contributed by atoms with van der Waals surface area (Å²) in [5.74, 6) is -1.69. The second kappa shape index (κ2) is 7.95. The number of anilines is 1. The fraction of sp³-hybridized carbons (Fsp3) is 0.227. The molecule has 0 spiro atoms. The van der Waals surface area contributed by atoms with Gasteiger partial charge in [0.15, 0.2) is 28.6 Å². The molecule has 162 valence electrons. The summed E-state index contributed by atoms with van der Waals surface area (Å²) in [7, 11) is 0. The lowest BCUT2D eigenvalue weighted by molar-refractivity contribution is 0.0746. The van der Waals surface area contributed by atoms with Crippen molar-refractivity contribution < 1.29 is 13.6 Å². The molecule has 4 aromatic rings. The molecule has 2 aromatic carbocycles. The predicted octanol–water partition coefficient (Wildman–Crippen LogP) is 2.76. The number of piperazine rings is 1.